The van der Waals surface area contributed by atoms with E-state index in [1.807, 2.05) is 12.1 Å². The quantitative estimate of drug-likeness (QED) is 0.773. The number of nitrogens with zero attached hydrogens (tertiary/aromatic N) is 2. The van der Waals surface area contributed by atoms with Crippen LogP contribution in [0.15, 0.2) is 18.2 Å². The highest BCUT2D eigenvalue weighted by Crippen LogP contribution is 2.27. The molecule has 18 heavy (non-hydrogen) atoms. The van der Waals surface area contributed by atoms with Crippen LogP contribution in [0.3, 0.4) is 0 Å². The molecule has 0 N–H and O–H groups in total. The van der Waals surface area contributed by atoms with Gasteiger partial charge in [-0.1, -0.05) is 19.1 Å². The van der Waals surface area contributed by atoms with E-state index in [9.17, 15) is 5.26 Å². The first kappa shape index (κ1) is 14.5. The minimum absolute atomic E-state index is 0.397. The van der Waals surface area contributed by atoms with Crippen molar-refractivity contribution < 1.29 is 4.74 Å². The van der Waals surface area contributed by atoms with Gasteiger partial charge in [-0.15, -0.1) is 0 Å². The fourth-order valence-electron chi connectivity index (χ4n) is 2.09. The largest absolute Gasteiger partial charge is 0.383 e. The van der Waals surface area contributed by atoms with E-state index >= 15 is 0 Å². The Labute approximate surface area is 110 Å². The summed E-state index contributed by atoms with van der Waals surface area (Å²) in [7, 11) is 1.71. The summed E-state index contributed by atoms with van der Waals surface area (Å²) in [6.07, 6.45) is 1.04. The Morgan fingerprint density at radius 2 is 2.17 bits per heavy atom. The highest BCUT2D eigenvalue weighted by Gasteiger charge is 2.18. The molecule has 0 saturated heterocycles. The number of para-hydroxylation sites is 1. The number of nitriles is 1. The molecule has 0 saturated carbocycles. The molecule has 0 aliphatic rings. The van der Waals surface area contributed by atoms with E-state index < -0.39 is 0 Å². The van der Waals surface area contributed by atoms with Crippen LogP contribution in [0.5, 0.6) is 0 Å². The summed E-state index contributed by atoms with van der Waals surface area (Å²) in [5.74, 6) is 0. The second-order valence-electron chi connectivity index (χ2n) is 4.53. The molecular weight excluding hydrogens is 224 g/mol. The smallest absolute Gasteiger partial charge is 0.101 e. The van der Waals surface area contributed by atoms with E-state index in [-0.39, 0.29) is 0 Å². The number of methoxy groups -OCH3 is 1. The average Bonchev–Trinajstić information content (AvgIpc) is 2.39. The van der Waals surface area contributed by atoms with Gasteiger partial charge in [0.1, 0.15) is 6.07 Å². The lowest BCUT2D eigenvalue weighted by Gasteiger charge is -2.32. The molecule has 1 rings (SSSR count). The molecule has 0 fully saturated rings. The van der Waals surface area contributed by atoms with E-state index in [2.05, 4.69) is 37.8 Å². The van der Waals surface area contributed by atoms with E-state index in [0.29, 0.717) is 12.6 Å². The molecule has 0 aromatic heterocycles. The fraction of sp³-hybridized carbons (Fsp3) is 0.533. The second-order valence-corrected chi connectivity index (χ2v) is 4.53. The first-order valence-corrected chi connectivity index (χ1v) is 6.41. The van der Waals surface area contributed by atoms with Crippen LogP contribution < -0.4 is 4.90 Å². The lowest BCUT2D eigenvalue weighted by atomic mass is 10.0. The van der Waals surface area contributed by atoms with Gasteiger partial charge in [-0.25, -0.2) is 0 Å². The predicted molar refractivity (Wildman–Crippen MR) is 74.9 cm³/mol. The summed E-state index contributed by atoms with van der Waals surface area (Å²) in [6, 6.07) is 8.55. The fourth-order valence-corrected chi connectivity index (χ4v) is 2.09. The van der Waals surface area contributed by atoms with Crippen LogP contribution in [0.25, 0.3) is 0 Å². The lowest BCUT2D eigenvalue weighted by molar-refractivity contribution is 0.203. The molecule has 98 valence electrons. The zero-order valence-corrected chi connectivity index (χ0v) is 11.7. The Balaban J connectivity index is 3.15. The standard InChI is InChI=1S/C15H22N2O/c1-5-13(3)17(9-10-18-4)15-12(2)7-6-8-14(15)11-16/h6-8,13H,5,9-10H2,1-4H3. The highest BCUT2D eigenvalue weighted by atomic mass is 16.5. The van der Waals surface area contributed by atoms with Crippen LogP contribution >= 0.6 is 0 Å². The summed E-state index contributed by atoms with van der Waals surface area (Å²) >= 11 is 0. The second kappa shape index (κ2) is 7.03. The number of anilines is 1. The van der Waals surface area contributed by atoms with Gasteiger partial charge in [0, 0.05) is 19.7 Å². The Kier molecular flexibility index (Phi) is 5.67. The van der Waals surface area contributed by atoms with Gasteiger partial charge in [0.25, 0.3) is 0 Å². The van der Waals surface area contributed by atoms with Crippen molar-refractivity contribution in [3.8, 4) is 6.07 Å². The molecule has 0 heterocycles. The molecule has 1 aromatic rings. The van der Waals surface area contributed by atoms with Crippen molar-refractivity contribution in [3.63, 3.8) is 0 Å². The van der Waals surface area contributed by atoms with Crippen LogP contribution in [0.2, 0.25) is 0 Å². The molecule has 3 nitrogen and oxygen atoms in total. The van der Waals surface area contributed by atoms with Gasteiger partial charge in [0.05, 0.1) is 17.9 Å². The van der Waals surface area contributed by atoms with Crippen molar-refractivity contribution in [1.29, 1.82) is 5.26 Å². The summed E-state index contributed by atoms with van der Waals surface area (Å²) in [4.78, 5) is 2.28. The minimum Gasteiger partial charge on any atom is -0.383 e. The van der Waals surface area contributed by atoms with E-state index in [1.165, 1.54) is 0 Å². The number of hydrogen-bond acceptors (Lipinski definition) is 3. The third kappa shape index (κ3) is 3.24. The van der Waals surface area contributed by atoms with Crippen LogP contribution in [-0.4, -0.2) is 26.3 Å². The molecule has 1 unspecified atom stereocenters. The minimum atomic E-state index is 0.397. The molecular formula is C15H22N2O. The van der Waals surface area contributed by atoms with Crippen molar-refractivity contribution in [3.05, 3.63) is 29.3 Å². The molecule has 0 aliphatic heterocycles. The maximum Gasteiger partial charge on any atom is 0.101 e. The van der Waals surface area contributed by atoms with Gasteiger partial charge in [-0.2, -0.15) is 5.26 Å². The van der Waals surface area contributed by atoms with Gasteiger partial charge in [0.2, 0.25) is 0 Å². The third-order valence-corrected chi connectivity index (χ3v) is 3.30. The van der Waals surface area contributed by atoms with Crippen molar-refractivity contribution in [2.45, 2.75) is 33.2 Å². The molecule has 3 heteroatoms. The van der Waals surface area contributed by atoms with Gasteiger partial charge in [-0.05, 0) is 31.9 Å². The van der Waals surface area contributed by atoms with Crippen LogP contribution in [0, 0.1) is 18.3 Å². The highest BCUT2D eigenvalue weighted by molar-refractivity contribution is 5.64. The maximum absolute atomic E-state index is 9.26. The SMILES string of the molecule is CCC(C)N(CCOC)c1c(C)cccc1C#N. The summed E-state index contributed by atoms with van der Waals surface area (Å²) in [5, 5.41) is 9.26. The number of benzene rings is 1. The summed E-state index contributed by atoms with van der Waals surface area (Å²) in [6.45, 7) is 7.88. The first-order chi connectivity index (χ1) is 8.65. The molecule has 0 spiro atoms. The Bertz CT molecular complexity index is 423. The Morgan fingerprint density at radius 3 is 2.72 bits per heavy atom. The van der Waals surface area contributed by atoms with Gasteiger partial charge in [0.15, 0.2) is 0 Å². The van der Waals surface area contributed by atoms with E-state index in [4.69, 9.17) is 4.74 Å². The van der Waals surface area contributed by atoms with Crippen molar-refractivity contribution in [2.75, 3.05) is 25.2 Å². The monoisotopic (exact) mass is 246 g/mol. The van der Waals surface area contributed by atoms with E-state index in [1.54, 1.807) is 7.11 Å². The molecule has 0 bridgehead atoms. The zero-order valence-electron chi connectivity index (χ0n) is 11.7. The number of hydrogen-bond donors (Lipinski definition) is 0. The van der Waals surface area contributed by atoms with Crippen LogP contribution in [-0.2, 0) is 4.74 Å². The molecule has 1 atom stereocenters. The summed E-state index contributed by atoms with van der Waals surface area (Å²) in [5.41, 5.74) is 2.93. The molecule has 0 aliphatic carbocycles. The van der Waals surface area contributed by atoms with Gasteiger partial charge in [-0.3, -0.25) is 0 Å². The first-order valence-electron chi connectivity index (χ1n) is 6.41. The number of rotatable bonds is 6. The normalized spacial score (nSPS) is 11.9. The average molecular weight is 246 g/mol. The molecule has 1 aromatic carbocycles. The number of aryl methyl sites for hydroxylation is 1. The Morgan fingerprint density at radius 1 is 1.44 bits per heavy atom. The number of ether oxygens (including phenoxy) is 1. The zero-order chi connectivity index (χ0) is 13.5. The maximum atomic E-state index is 9.26. The lowest BCUT2D eigenvalue weighted by Crippen LogP contribution is -2.36. The van der Waals surface area contributed by atoms with Crippen molar-refractivity contribution >= 4 is 5.69 Å². The van der Waals surface area contributed by atoms with Crippen LogP contribution in [0.4, 0.5) is 5.69 Å². The van der Waals surface area contributed by atoms with Gasteiger partial charge < -0.3 is 9.64 Å². The Hall–Kier alpha value is -1.53. The van der Waals surface area contributed by atoms with E-state index in [0.717, 1.165) is 29.8 Å². The summed E-state index contributed by atoms with van der Waals surface area (Å²) < 4.78 is 5.18. The van der Waals surface area contributed by atoms with Crippen LogP contribution in [0.1, 0.15) is 31.4 Å². The molecule has 0 radical (unpaired) electrons. The molecule has 0 amide bonds. The van der Waals surface area contributed by atoms with Crippen molar-refractivity contribution in [2.24, 2.45) is 0 Å². The van der Waals surface area contributed by atoms with Gasteiger partial charge >= 0.3 is 0 Å². The van der Waals surface area contributed by atoms with Crippen molar-refractivity contribution in [1.82, 2.24) is 0 Å². The predicted octanol–water partition coefficient (Wildman–Crippen LogP) is 3.12. The third-order valence-electron chi connectivity index (χ3n) is 3.30. The topological polar surface area (TPSA) is 36.3 Å².